The standard InChI is InChI=1S/C21H30N4O/c1-16(2)8-11-22-21(26)25-14-20(23-15-25)19-7-5-4-6-18(19)17-9-12-24(3)13-10-17/h4-7,14-17H,8-13H2,1-3H3,(H,22,26). The molecular formula is C21H30N4O. The summed E-state index contributed by atoms with van der Waals surface area (Å²) in [5.74, 6) is 1.14. The molecule has 1 fully saturated rings. The molecular weight excluding hydrogens is 324 g/mol. The summed E-state index contributed by atoms with van der Waals surface area (Å²) in [6.45, 7) is 7.26. The summed E-state index contributed by atoms with van der Waals surface area (Å²) < 4.78 is 1.56. The lowest BCUT2D eigenvalue weighted by atomic mass is 9.86. The molecule has 26 heavy (non-hydrogen) atoms. The van der Waals surface area contributed by atoms with Crippen molar-refractivity contribution in [3.05, 3.63) is 42.4 Å². The van der Waals surface area contributed by atoms with Crippen molar-refractivity contribution < 1.29 is 4.79 Å². The van der Waals surface area contributed by atoms with Gasteiger partial charge in [-0.15, -0.1) is 0 Å². The lowest BCUT2D eigenvalue weighted by molar-refractivity contribution is 0.242. The Labute approximate surface area is 156 Å². The zero-order valence-electron chi connectivity index (χ0n) is 16.1. The molecule has 0 atom stereocenters. The number of carbonyl (C=O) groups excluding carboxylic acids is 1. The van der Waals surface area contributed by atoms with E-state index in [0.29, 0.717) is 18.4 Å². The molecule has 5 nitrogen and oxygen atoms in total. The molecule has 2 aromatic rings. The van der Waals surface area contributed by atoms with Crippen molar-refractivity contribution in [3.8, 4) is 11.3 Å². The van der Waals surface area contributed by atoms with Crippen LogP contribution in [0.1, 0.15) is 44.6 Å². The summed E-state index contributed by atoms with van der Waals surface area (Å²) in [6, 6.07) is 8.38. The summed E-state index contributed by atoms with van der Waals surface area (Å²) in [5, 5.41) is 2.96. The first-order valence-electron chi connectivity index (χ1n) is 9.64. The van der Waals surface area contributed by atoms with Gasteiger partial charge < -0.3 is 10.2 Å². The van der Waals surface area contributed by atoms with Crippen LogP contribution in [0.3, 0.4) is 0 Å². The van der Waals surface area contributed by atoms with Crippen LogP contribution in [0.4, 0.5) is 4.79 Å². The van der Waals surface area contributed by atoms with Crippen molar-refractivity contribution in [2.75, 3.05) is 26.7 Å². The molecule has 1 N–H and O–H groups in total. The van der Waals surface area contributed by atoms with Gasteiger partial charge in [0, 0.05) is 18.3 Å². The van der Waals surface area contributed by atoms with E-state index in [4.69, 9.17) is 0 Å². The Morgan fingerprint density at radius 1 is 1.27 bits per heavy atom. The second-order valence-corrected chi connectivity index (χ2v) is 7.75. The molecule has 1 aromatic carbocycles. The van der Waals surface area contributed by atoms with Gasteiger partial charge in [-0.1, -0.05) is 38.1 Å². The van der Waals surface area contributed by atoms with Crippen LogP contribution < -0.4 is 5.32 Å². The maximum absolute atomic E-state index is 12.3. The lowest BCUT2D eigenvalue weighted by Gasteiger charge is -2.30. The molecule has 1 aromatic heterocycles. The number of hydrogen-bond acceptors (Lipinski definition) is 3. The van der Waals surface area contributed by atoms with Crippen LogP contribution in [0, 0.1) is 5.92 Å². The van der Waals surface area contributed by atoms with E-state index in [1.165, 1.54) is 18.4 Å². The fourth-order valence-electron chi connectivity index (χ4n) is 3.54. The summed E-state index contributed by atoms with van der Waals surface area (Å²) in [4.78, 5) is 19.2. The maximum Gasteiger partial charge on any atom is 0.326 e. The van der Waals surface area contributed by atoms with Gasteiger partial charge in [-0.05, 0) is 56.8 Å². The molecule has 2 heterocycles. The topological polar surface area (TPSA) is 50.2 Å². The van der Waals surface area contributed by atoms with Crippen LogP contribution in [-0.2, 0) is 0 Å². The molecule has 5 heteroatoms. The van der Waals surface area contributed by atoms with Gasteiger partial charge in [0.15, 0.2) is 0 Å². The first-order chi connectivity index (χ1) is 12.5. The average Bonchev–Trinajstić information content (AvgIpc) is 3.12. The second kappa shape index (κ2) is 8.49. The highest BCUT2D eigenvalue weighted by Crippen LogP contribution is 2.34. The number of carbonyl (C=O) groups is 1. The number of hydrogen-bond donors (Lipinski definition) is 1. The number of imidazole rings is 1. The van der Waals surface area contributed by atoms with E-state index in [1.54, 1.807) is 10.9 Å². The van der Waals surface area contributed by atoms with E-state index < -0.39 is 0 Å². The van der Waals surface area contributed by atoms with E-state index in [2.05, 4.69) is 60.4 Å². The second-order valence-electron chi connectivity index (χ2n) is 7.75. The average molecular weight is 354 g/mol. The zero-order chi connectivity index (χ0) is 18.5. The minimum absolute atomic E-state index is 0.110. The van der Waals surface area contributed by atoms with Crippen molar-refractivity contribution in [3.63, 3.8) is 0 Å². The number of aromatic nitrogens is 2. The van der Waals surface area contributed by atoms with Crippen molar-refractivity contribution >= 4 is 6.03 Å². The largest absolute Gasteiger partial charge is 0.337 e. The normalized spacial score (nSPS) is 16.2. The fraction of sp³-hybridized carbons (Fsp3) is 0.524. The smallest absolute Gasteiger partial charge is 0.326 e. The Morgan fingerprint density at radius 2 is 2.00 bits per heavy atom. The first kappa shape index (κ1) is 18.6. The lowest BCUT2D eigenvalue weighted by Crippen LogP contribution is -2.29. The predicted octanol–water partition coefficient (Wildman–Crippen LogP) is 3.96. The summed E-state index contributed by atoms with van der Waals surface area (Å²) in [5.41, 5.74) is 3.38. The van der Waals surface area contributed by atoms with Crippen LogP contribution in [0.15, 0.2) is 36.8 Å². The maximum atomic E-state index is 12.3. The number of amides is 1. The highest BCUT2D eigenvalue weighted by molar-refractivity contribution is 5.78. The van der Waals surface area contributed by atoms with Gasteiger partial charge in [0.1, 0.15) is 6.33 Å². The monoisotopic (exact) mass is 354 g/mol. The highest BCUT2D eigenvalue weighted by atomic mass is 16.2. The number of likely N-dealkylation sites (tertiary alicyclic amines) is 1. The van der Waals surface area contributed by atoms with E-state index in [0.717, 1.165) is 30.8 Å². The third-order valence-electron chi connectivity index (χ3n) is 5.21. The van der Waals surface area contributed by atoms with Crippen LogP contribution >= 0.6 is 0 Å². The molecule has 3 rings (SSSR count). The van der Waals surface area contributed by atoms with Crippen molar-refractivity contribution in [2.24, 2.45) is 5.92 Å². The van der Waals surface area contributed by atoms with E-state index in [1.807, 2.05) is 6.20 Å². The molecule has 140 valence electrons. The van der Waals surface area contributed by atoms with Gasteiger partial charge in [0.2, 0.25) is 0 Å². The molecule has 0 saturated carbocycles. The third kappa shape index (κ3) is 4.52. The quantitative estimate of drug-likeness (QED) is 0.884. The Bertz CT molecular complexity index is 729. The van der Waals surface area contributed by atoms with E-state index in [9.17, 15) is 4.79 Å². The molecule has 0 aliphatic carbocycles. The van der Waals surface area contributed by atoms with Crippen LogP contribution in [-0.4, -0.2) is 47.2 Å². The highest BCUT2D eigenvalue weighted by Gasteiger charge is 2.22. The van der Waals surface area contributed by atoms with Crippen LogP contribution in [0.5, 0.6) is 0 Å². The summed E-state index contributed by atoms with van der Waals surface area (Å²) in [6.07, 6.45) is 6.78. The third-order valence-corrected chi connectivity index (χ3v) is 5.21. The molecule has 0 unspecified atom stereocenters. The minimum Gasteiger partial charge on any atom is -0.337 e. The number of piperidine rings is 1. The molecule has 1 amide bonds. The van der Waals surface area contributed by atoms with Gasteiger partial charge in [-0.3, -0.25) is 4.57 Å². The molecule has 0 spiro atoms. The van der Waals surface area contributed by atoms with Crippen molar-refractivity contribution in [1.29, 1.82) is 0 Å². The molecule has 1 aliphatic rings. The number of benzene rings is 1. The zero-order valence-corrected chi connectivity index (χ0v) is 16.1. The Balaban J connectivity index is 1.74. The summed E-state index contributed by atoms with van der Waals surface area (Å²) >= 11 is 0. The number of nitrogens with one attached hydrogen (secondary N) is 1. The summed E-state index contributed by atoms with van der Waals surface area (Å²) in [7, 11) is 2.18. The molecule has 0 radical (unpaired) electrons. The predicted molar refractivity (Wildman–Crippen MR) is 105 cm³/mol. The Hall–Kier alpha value is -2.14. The van der Waals surface area contributed by atoms with Gasteiger partial charge in [0.05, 0.1) is 5.69 Å². The minimum atomic E-state index is -0.110. The molecule has 1 aliphatic heterocycles. The van der Waals surface area contributed by atoms with E-state index in [-0.39, 0.29) is 6.03 Å². The SMILES string of the molecule is CC(C)CCNC(=O)n1cnc(-c2ccccc2C2CCN(C)CC2)c1. The van der Waals surface area contributed by atoms with Gasteiger partial charge in [-0.2, -0.15) is 0 Å². The van der Waals surface area contributed by atoms with Gasteiger partial charge >= 0.3 is 6.03 Å². The first-order valence-corrected chi connectivity index (χ1v) is 9.64. The van der Waals surface area contributed by atoms with Crippen molar-refractivity contribution in [2.45, 2.75) is 39.0 Å². The van der Waals surface area contributed by atoms with Crippen LogP contribution in [0.25, 0.3) is 11.3 Å². The molecule has 1 saturated heterocycles. The van der Waals surface area contributed by atoms with Gasteiger partial charge in [-0.25, -0.2) is 9.78 Å². The fourth-order valence-corrected chi connectivity index (χ4v) is 3.54. The Kier molecular flexibility index (Phi) is 6.09. The van der Waals surface area contributed by atoms with Gasteiger partial charge in [0.25, 0.3) is 0 Å². The number of nitrogens with zero attached hydrogens (tertiary/aromatic N) is 3. The number of rotatable bonds is 5. The van der Waals surface area contributed by atoms with E-state index >= 15 is 0 Å². The van der Waals surface area contributed by atoms with Crippen molar-refractivity contribution in [1.82, 2.24) is 19.8 Å². The Morgan fingerprint density at radius 3 is 2.73 bits per heavy atom. The van der Waals surface area contributed by atoms with Crippen LogP contribution in [0.2, 0.25) is 0 Å². The molecule has 0 bridgehead atoms.